The van der Waals surface area contributed by atoms with E-state index in [9.17, 15) is 0 Å². The van der Waals surface area contributed by atoms with Crippen LogP contribution in [-0.4, -0.2) is 12.2 Å². The summed E-state index contributed by atoms with van der Waals surface area (Å²) in [4.78, 5) is 0. The zero-order valence-electron chi connectivity index (χ0n) is 6.43. The lowest BCUT2D eigenvalue weighted by Gasteiger charge is -1.97. The van der Waals surface area contributed by atoms with Crippen molar-refractivity contribution in [2.75, 3.05) is 0 Å². The molecule has 0 N–H and O–H groups in total. The van der Waals surface area contributed by atoms with Crippen LogP contribution in [0.5, 0.6) is 0 Å². The molecule has 0 aromatic heterocycles. The van der Waals surface area contributed by atoms with Gasteiger partial charge in [-0.15, -0.1) is 0 Å². The molecule has 58 valence electrons. The standard InChI is InChI=1S/C8H13IO/c1-5(2)4-7-8(10-7)6(3)9/h5,7-8H,3-4H2,1-2H3/t7-,8-/m0/s1. The van der Waals surface area contributed by atoms with Gasteiger partial charge in [0.2, 0.25) is 0 Å². The molecule has 1 heterocycles. The van der Waals surface area contributed by atoms with Gasteiger partial charge in [-0.25, -0.2) is 0 Å². The monoisotopic (exact) mass is 252 g/mol. The summed E-state index contributed by atoms with van der Waals surface area (Å²) in [7, 11) is 0. The highest BCUT2D eigenvalue weighted by Crippen LogP contribution is 2.35. The Labute approximate surface area is 76.0 Å². The van der Waals surface area contributed by atoms with E-state index in [-0.39, 0.29) is 0 Å². The lowest BCUT2D eigenvalue weighted by atomic mass is 10.1. The molecule has 0 aromatic carbocycles. The summed E-state index contributed by atoms with van der Waals surface area (Å²) in [6.07, 6.45) is 2.01. The van der Waals surface area contributed by atoms with Crippen molar-refractivity contribution in [3.05, 3.63) is 10.2 Å². The quantitative estimate of drug-likeness (QED) is 0.555. The topological polar surface area (TPSA) is 12.5 Å². The first-order chi connectivity index (χ1) is 4.61. The van der Waals surface area contributed by atoms with Crippen LogP contribution in [0.3, 0.4) is 0 Å². The van der Waals surface area contributed by atoms with E-state index >= 15 is 0 Å². The Kier molecular flexibility index (Phi) is 2.74. The Morgan fingerprint density at radius 2 is 2.30 bits per heavy atom. The van der Waals surface area contributed by atoms with Crippen LogP contribution in [0.25, 0.3) is 0 Å². The normalized spacial score (nSPS) is 30.8. The van der Waals surface area contributed by atoms with Gasteiger partial charge in [0.25, 0.3) is 0 Å². The predicted octanol–water partition coefficient (Wildman–Crippen LogP) is 2.75. The minimum absolute atomic E-state index is 0.364. The van der Waals surface area contributed by atoms with E-state index in [1.807, 2.05) is 0 Å². The average Bonchev–Trinajstić information content (AvgIpc) is 2.43. The van der Waals surface area contributed by atoms with Crippen LogP contribution in [0.15, 0.2) is 10.2 Å². The third kappa shape index (κ3) is 2.23. The van der Waals surface area contributed by atoms with Crippen LogP contribution < -0.4 is 0 Å². The second kappa shape index (κ2) is 3.22. The maximum atomic E-state index is 5.38. The predicted molar refractivity (Wildman–Crippen MR) is 51.3 cm³/mol. The Morgan fingerprint density at radius 1 is 1.70 bits per heavy atom. The van der Waals surface area contributed by atoms with Crippen molar-refractivity contribution in [3.8, 4) is 0 Å². The number of epoxide rings is 1. The number of hydrogen-bond acceptors (Lipinski definition) is 1. The van der Waals surface area contributed by atoms with Gasteiger partial charge >= 0.3 is 0 Å². The second-order valence-corrected chi connectivity index (χ2v) is 4.56. The summed E-state index contributed by atoms with van der Waals surface area (Å²) in [6, 6.07) is 0. The third-order valence-electron chi connectivity index (χ3n) is 1.59. The van der Waals surface area contributed by atoms with Gasteiger partial charge in [-0.05, 0) is 34.9 Å². The van der Waals surface area contributed by atoms with Gasteiger partial charge in [0, 0.05) is 3.58 Å². The number of hydrogen-bond donors (Lipinski definition) is 0. The molecule has 0 saturated carbocycles. The van der Waals surface area contributed by atoms with E-state index in [0.717, 1.165) is 9.50 Å². The van der Waals surface area contributed by atoms with Crippen LogP contribution in [-0.2, 0) is 4.74 Å². The van der Waals surface area contributed by atoms with Gasteiger partial charge in [-0.1, -0.05) is 20.4 Å². The van der Waals surface area contributed by atoms with E-state index < -0.39 is 0 Å². The molecule has 1 fully saturated rings. The fourth-order valence-corrected chi connectivity index (χ4v) is 1.61. The molecule has 0 aromatic rings. The Bertz CT molecular complexity index is 142. The van der Waals surface area contributed by atoms with E-state index in [2.05, 4.69) is 43.0 Å². The van der Waals surface area contributed by atoms with Crippen molar-refractivity contribution in [3.63, 3.8) is 0 Å². The summed E-state index contributed by atoms with van der Waals surface area (Å²) in [5.41, 5.74) is 0. The molecule has 0 aliphatic carbocycles. The number of halogens is 1. The highest BCUT2D eigenvalue weighted by Gasteiger charge is 2.39. The first kappa shape index (κ1) is 8.53. The Morgan fingerprint density at radius 3 is 2.60 bits per heavy atom. The molecule has 1 saturated heterocycles. The molecule has 1 aliphatic rings. The minimum Gasteiger partial charge on any atom is -0.364 e. The SMILES string of the molecule is C=C(I)[C@@H]1O[C@H]1CC(C)C. The molecule has 1 nitrogen and oxygen atoms in total. The van der Waals surface area contributed by atoms with Crippen LogP contribution in [0.4, 0.5) is 0 Å². The van der Waals surface area contributed by atoms with Gasteiger partial charge in [-0.2, -0.15) is 0 Å². The summed E-state index contributed by atoms with van der Waals surface area (Å²) in [6.45, 7) is 8.27. The zero-order valence-corrected chi connectivity index (χ0v) is 8.59. The van der Waals surface area contributed by atoms with Gasteiger partial charge in [0.1, 0.15) is 6.10 Å². The molecule has 0 unspecified atom stereocenters. The number of ether oxygens (including phenoxy) is 1. The van der Waals surface area contributed by atoms with Gasteiger partial charge in [0.15, 0.2) is 0 Å². The first-order valence-corrected chi connectivity index (χ1v) is 4.69. The molecule has 0 radical (unpaired) electrons. The fraction of sp³-hybridized carbons (Fsp3) is 0.750. The summed E-state index contributed by atoms with van der Waals surface area (Å²) in [5.74, 6) is 0.741. The van der Waals surface area contributed by atoms with Crippen molar-refractivity contribution in [1.82, 2.24) is 0 Å². The summed E-state index contributed by atoms with van der Waals surface area (Å²) < 4.78 is 6.52. The molecular formula is C8H13IO. The van der Waals surface area contributed by atoms with Crippen molar-refractivity contribution < 1.29 is 4.74 Å². The zero-order chi connectivity index (χ0) is 7.72. The van der Waals surface area contributed by atoms with Crippen LogP contribution in [0.1, 0.15) is 20.3 Å². The van der Waals surface area contributed by atoms with Crippen molar-refractivity contribution in [2.24, 2.45) is 5.92 Å². The molecule has 1 aliphatic heterocycles. The van der Waals surface area contributed by atoms with Crippen molar-refractivity contribution in [1.29, 1.82) is 0 Å². The smallest absolute Gasteiger partial charge is 0.114 e. The molecule has 0 amide bonds. The fourth-order valence-electron chi connectivity index (χ4n) is 1.06. The minimum atomic E-state index is 0.364. The van der Waals surface area contributed by atoms with Crippen LogP contribution in [0.2, 0.25) is 0 Å². The average molecular weight is 252 g/mol. The largest absolute Gasteiger partial charge is 0.364 e. The lowest BCUT2D eigenvalue weighted by Crippen LogP contribution is -1.97. The second-order valence-electron chi connectivity index (χ2n) is 3.17. The summed E-state index contributed by atoms with van der Waals surface area (Å²) in [5, 5.41) is 0. The molecule has 2 atom stereocenters. The Hall–Kier alpha value is 0.430. The van der Waals surface area contributed by atoms with Gasteiger partial charge in [0.05, 0.1) is 6.10 Å². The molecule has 10 heavy (non-hydrogen) atoms. The molecule has 0 bridgehead atoms. The Balaban J connectivity index is 2.20. The third-order valence-corrected chi connectivity index (χ3v) is 2.21. The molecule has 0 spiro atoms. The van der Waals surface area contributed by atoms with Crippen molar-refractivity contribution >= 4 is 22.6 Å². The maximum Gasteiger partial charge on any atom is 0.114 e. The highest BCUT2D eigenvalue weighted by molar-refractivity contribution is 14.1. The molecule has 2 heteroatoms. The molecule has 1 rings (SSSR count). The van der Waals surface area contributed by atoms with Gasteiger partial charge < -0.3 is 4.74 Å². The van der Waals surface area contributed by atoms with E-state index in [4.69, 9.17) is 4.74 Å². The summed E-state index contributed by atoms with van der Waals surface area (Å²) >= 11 is 2.24. The van der Waals surface area contributed by atoms with E-state index in [1.54, 1.807) is 0 Å². The van der Waals surface area contributed by atoms with Gasteiger partial charge in [-0.3, -0.25) is 0 Å². The van der Waals surface area contributed by atoms with Crippen LogP contribution in [0, 0.1) is 5.92 Å². The van der Waals surface area contributed by atoms with E-state index in [1.165, 1.54) is 6.42 Å². The number of rotatable bonds is 3. The van der Waals surface area contributed by atoms with E-state index in [0.29, 0.717) is 12.2 Å². The van der Waals surface area contributed by atoms with Crippen LogP contribution >= 0.6 is 22.6 Å². The highest BCUT2D eigenvalue weighted by atomic mass is 127. The lowest BCUT2D eigenvalue weighted by molar-refractivity contribution is 0.358. The molecular weight excluding hydrogens is 239 g/mol. The first-order valence-electron chi connectivity index (χ1n) is 3.61. The maximum absolute atomic E-state index is 5.38. The van der Waals surface area contributed by atoms with Crippen molar-refractivity contribution in [2.45, 2.75) is 32.5 Å².